The largest absolute Gasteiger partial charge is 0.316 e. The summed E-state index contributed by atoms with van der Waals surface area (Å²) in [6.07, 6.45) is 3.29. The number of sulfone groups is 1. The standard InChI is InChI=1S/C13H26N2O2S.ClH/c1-13(2)5-7-15(8-9-18(13,16)17)11-12-4-3-6-14-10-12;/h12,14H,3-11H2,1-2H3;1H. The minimum atomic E-state index is -2.93. The van der Waals surface area contributed by atoms with Crippen LogP contribution >= 0.6 is 12.4 Å². The van der Waals surface area contributed by atoms with Crippen molar-refractivity contribution in [3.05, 3.63) is 0 Å². The summed E-state index contributed by atoms with van der Waals surface area (Å²) in [5.41, 5.74) is 0. The van der Waals surface area contributed by atoms with Crippen molar-refractivity contribution in [2.24, 2.45) is 5.92 Å². The first-order chi connectivity index (χ1) is 8.41. The van der Waals surface area contributed by atoms with E-state index < -0.39 is 14.6 Å². The number of nitrogens with one attached hydrogen (secondary N) is 1. The van der Waals surface area contributed by atoms with Crippen LogP contribution in [0, 0.1) is 5.92 Å². The molecular weight excluding hydrogens is 284 g/mol. The molecule has 19 heavy (non-hydrogen) atoms. The molecule has 2 saturated heterocycles. The van der Waals surface area contributed by atoms with Gasteiger partial charge in [-0.15, -0.1) is 12.4 Å². The third-order valence-electron chi connectivity index (χ3n) is 4.46. The van der Waals surface area contributed by atoms with E-state index in [4.69, 9.17) is 0 Å². The maximum Gasteiger partial charge on any atom is 0.156 e. The van der Waals surface area contributed by atoms with Crippen molar-refractivity contribution in [3.8, 4) is 0 Å². The molecule has 2 rings (SSSR count). The van der Waals surface area contributed by atoms with Crippen LogP contribution < -0.4 is 5.32 Å². The van der Waals surface area contributed by atoms with E-state index in [0.717, 1.165) is 32.6 Å². The molecule has 0 amide bonds. The van der Waals surface area contributed by atoms with Gasteiger partial charge in [-0.3, -0.25) is 0 Å². The summed E-state index contributed by atoms with van der Waals surface area (Å²) in [6, 6.07) is 0. The molecule has 0 aromatic heterocycles. The third kappa shape index (κ3) is 4.31. The molecule has 1 N–H and O–H groups in total. The van der Waals surface area contributed by atoms with Gasteiger partial charge in [-0.25, -0.2) is 8.42 Å². The van der Waals surface area contributed by atoms with Crippen molar-refractivity contribution in [2.75, 3.05) is 38.5 Å². The van der Waals surface area contributed by atoms with Crippen LogP contribution in [0.25, 0.3) is 0 Å². The Labute approximate surface area is 123 Å². The summed E-state index contributed by atoms with van der Waals surface area (Å²) in [5, 5.41) is 3.43. The van der Waals surface area contributed by atoms with Gasteiger partial charge in [-0.05, 0) is 58.7 Å². The van der Waals surface area contributed by atoms with Gasteiger partial charge in [0.25, 0.3) is 0 Å². The van der Waals surface area contributed by atoms with Crippen LogP contribution in [0.15, 0.2) is 0 Å². The smallest absolute Gasteiger partial charge is 0.156 e. The Morgan fingerprint density at radius 3 is 2.68 bits per heavy atom. The van der Waals surface area contributed by atoms with Crippen LogP contribution in [0.3, 0.4) is 0 Å². The molecule has 2 fully saturated rings. The lowest BCUT2D eigenvalue weighted by atomic mass is 9.98. The Balaban J connectivity index is 0.00000180. The molecule has 0 aliphatic carbocycles. The van der Waals surface area contributed by atoms with Crippen molar-refractivity contribution in [3.63, 3.8) is 0 Å². The van der Waals surface area contributed by atoms with Gasteiger partial charge in [-0.1, -0.05) is 0 Å². The van der Waals surface area contributed by atoms with Gasteiger partial charge in [0.05, 0.1) is 10.5 Å². The SMILES string of the molecule is CC1(C)CCN(CC2CCCNC2)CCS1(=O)=O.Cl. The number of rotatable bonds is 2. The van der Waals surface area contributed by atoms with Gasteiger partial charge in [-0.2, -0.15) is 0 Å². The lowest BCUT2D eigenvalue weighted by Crippen LogP contribution is -2.39. The summed E-state index contributed by atoms with van der Waals surface area (Å²) in [7, 11) is -2.93. The van der Waals surface area contributed by atoms with E-state index in [1.165, 1.54) is 12.8 Å². The Morgan fingerprint density at radius 2 is 2.05 bits per heavy atom. The number of nitrogens with zero attached hydrogens (tertiary/aromatic N) is 1. The fourth-order valence-electron chi connectivity index (χ4n) is 2.85. The highest BCUT2D eigenvalue weighted by molar-refractivity contribution is 7.92. The number of piperidine rings is 1. The molecule has 0 aromatic rings. The molecule has 2 aliphatic heterocycles. The summed E-state index contributed by atoms with van der Waals surface area (Å²) in [5.74, 6) is 1.02. The van der Waals surface area contributed by atoms with Gasteiger partial charge >= 0.3 is 0 Å². The first-order valence-electron chi connectivity index (χ1n) is 7.06. The minimum absolute atomic E-state index is 0. The molecule has 0 radical (unpaired) electrons. The lowest BCUT2D eigenvalue weighted by molar-refractivity contribution is 0.215. The molecular formula is C13H27ClN2O2S. The second-order valence-electron chi connectivity index (χ2n) is 6.34. The zero-order valence-electron chi connectivity index (χ0n) is 12.0. The fraction of sp³-hybridized carbons (Fsp3) is 1.00. The molecule has 0 spiro atoms. The van der Waals surface area contributed by atoms with Crippen LogP contribution in [0.5, 0.6) is 0 Å². The van der Waals surface area contributed by atoms with Crippen molar-refractivity contribution in [1.29, 1.82) is 0 Å². The van der Waals surface area contributed by atoms with Gasteiger partial charge in [0, 0.05) is 13.1 Å². The normalized spacial score (nSPS) is 31.2. The third-order valence-corrected chi connectivity index (χ3v) is 7.07. The highest BCUT2D eigenvalue weighted by Gasteiger charge is 2.37. The second-order valence-corrected chi connectivity index (χ2v) is 9.08. The summed E-state index contributed by atoms with van der Waals surface area (Å²) in [6.45, 7) is 8.65. The van der Waals surface area contributed by atoms with E-state index in [0.29, 0.717) is 18.2 Å². The molecule has 0 bridgehead atoms. The van der Waals surface area contributed by atoms with Crippen LogP contribution in [0.1, 0.15) is 33.1 Å². The van der Waals surface area contributed by atoms with Gasteiger partial charge < -0.3 is 10.2 Å². The highest BCUT2D eigenvalue weighted by Crippen LogP contribution is 2.25. The van der Waals surface area contributed by atoms with Crippen LogP contribution in [-0.2, 0) is 9.84 Å². The predicted octanol–water partition coefficient (Wildman–Crippen LogP) is 1.31. The van der Waals surface area contributed by atoms with Gasteiger partial charge in [0.2, 0.25) is 0 Å². The van der Waals surface area contributed by atoms with Crippen LogP contribution in [0.2, 0.25) is 0 Å². The van der Waals surface area contributed by atoms with Gasteiger partial charge in [0.1, 0.15) is 0 Å². The highest BCUT2D eigenvalue weighted by atomic mass is 35.5. The van der Waals surface area contributed by atoms with Gasteiger partial charge in [0.15, 0.2) is 9.84 Å². The maximum absolute atomic E-state index is 12.1. The van der Waals surface area contributed by atoms with E-state index in [2.05, 4.69) is 10.2 Å². The van der Waals surface area contributed by atoms with Crippen molar-refractivity contribution in [1.82, 2.24) is 10.2 Å². The van der Waals surface area contributed by atoms with Crippen LogP contribution in [0.4, 0.5) is 0 Å². The maximum atomic E-state index is 12.1. The number of hydrogen-bond donors (Lipinski definition) is 1. The van der Waals surface area contributed by atoms with E-state index in [9.17, 15) is 8.42 Å². The van der Waals surface area contributed by atoms with E-state index in [-0.39, 0.29) is 12.4 Å². The number of halogens is 1. The molecule has 2 heterocycles. The van der Waals surface area contributed by atoms with Crippen molar-refractivity contribution >= 4 is 22.2 Å². The predicted molar refractivity (Wildman–Crippen MR) is 81.8 cm³/mol. The van der Waals surface area contributed by atoms with Crippen LogP contribution in [-0.4, -0.2) is 56.5 Å². The van der Waals surface area contributed by atoms with Crippen molar-refractivity contribution < 1.29 is 8.42 Å². The van der Waals surface area contributed by atoms with Crippen molar-refractivity contribution in [2.45, 2.75) is 37.9 Å². The zero-order valence-corrected chi connectivity index (χ0v) is 13.7. The van der Waals surface area contributed by atoms with E-state index in [1.807, 2.05) is 13.8 Å². The molecule has 6 heteroatoms. The first-order valence-corrected chi connectivity index (χ1v) is 8.71. The molecule has 4 nitrogen and oxygen atoms in total. The molecule has 1 unspecified atom stereocenters. The molecule has 114 valence electrons. The zero-order chi connectivity index (χ0) is 13.2. The average molecular weight is 311 g/mol. The molecule has 2 aliphatic rings. The molecule has 1 atom stereocenters. The first kappa shape index (κ1) is 17.2. The average Bonchev–Trinajstić information content (AvgIpc) is 2.42. The number of hydrogen-bond acceptors (Lipinski definition) is 4. The Kier molecular flexibility index (Phi) is 6.11. The Morgan fingerprint density at radius 1 is 1.32 bits per heavy atom. The van der Waals surface area contributed by atoms with E-state index in [1.54, 1.807) is 0 Å². The topological polar surface area (TPSA) is 49.4 Å². The second kappa shape index (κ2) is 6.74. The minimum Gasteiger partial charge on any atom is -0.316 e. The molecule has 0 saturated carbocycles. The quantitative estimate of drug-likeness (QED) is 0.835. The lowest BCUT2D eigenvalue weighted by Gasteiger charge is -2.29. The monoisotopic (exact) mass is 310 g/mol. The summed E-state index contributed by atoms with van der Waals surface area (Å²) < 4.78 is 23.7. The summed E-state index contributed by atoms with van der Waals surface area (Å²) >= 11 is 0. The Bertz CT molecular complexity index is 378. The molecule has 0 aromatic carbocycles. The van der Waals surface area contributed by atoms with E-state index >= 15 is 0 Å². The Hall–Kier alpha value is 0.160. The summed E-state index contributed by atoms with van der Waals surface area (Å²) in [4.78, 5) is 2.35. The fourth-order valence-corrected chi connectivity index (χ4v) is 4.30.